The summed E-state index contributed by atoms with van der Waals surface area (Å²) in [5.74, 6) is 0. The third kappa shape index (κ3) is 3.03. The van der Waals surface area contributed by atoms with Gasteiger partial charge in [0.25, 0.3) is 0 Å². The van der Waals surface area contributed by atoms with Crippen molar-refractivity contribution in [1.82, 2.24) is 5.06 Å². The van der Waals surface area contributed by atoms with Crippen LogP contribution in [0.25, 0.3) is 0 Å². The van der Waals surface area contributed by atoms with Gasteiger partial charge in [-0.1, -0.05) is 0 Å². The molecule has 15 heavy (non-hydrogen) atoms. The summed E-state index contributed by atoms with van der Waals surface area (Å²) in [5.41, 5.74) is -0.604. The summed E-state index contributed by atoms with van der Waals surface area (Å²) in [6, 6.07) is 0. The Kier molecular flexibility index (Phi) is 3.65. The predicted molar refractivity (Wildman–Crippen MR) is 65.0 cm³/mol. The van der Waals surface area contributed by atoms with Gasteiger partial charge in [0.15, 0.2) is 0 Å². The summed E-state index contributed by atoms with van der Waals surface area (Å²) in [6.07, 6.45) is 1.94. The van der Waals surface area contributed by atoms with Crippen LogP contribution < -0.4 is 0 Å². The number of hydrogen-bond donors (Lipinski definition) is 0. The standard InChI is InChI=1S/C11H23NO2Si/c1-10(2)7-9(14-15(5)6)8-11(3,4)12(10)13/h9H,7-8H2,1-6H3/q-1. The number of nitrogens with zero attached hydrogens (tertiary/aromatic N) is 1. The second-order valence-electron chi connectivity index (χ2n) is 5.98. The highest BCUT2D eigenvalue weighted by molar-refractivity contribution is 6.48. The largest absolute Gasteiger partial charge is 0.784 e. The first-order chi connectivity index (χ1) is 6.65. The van der Waals surface area contributed by atoms with Crippen molar-refractivity contribution in [3.05, 3.63) is 5.21 Å². The molecule has 0 atom stereocenters. The van der Waals surface area contributed by atoms with Crippen molar-refractivity contribution in [1.29, 1.82) is 0 Å². The van der Waals surface area contributed by atoms with Gasteiger partial charge in [-0.3, -0.25) is 0 Å². The second kappa shape index (κ2) is 4.16. The molecule has 1 aliphatic rings. The number of hydrogen-bond acceptors (Lipinski definition) is 3. The van der Waals surface area contributed by atoms with Crippen LogP contribution in [-0.2, 0) is 4.43 Å². The van der Waals surface area contributed by atoms with E-state index in [9.17, 15) is 5.21 Å². The monoisotopic (exact) mass is 229 g/mol. The lowest BCUT2D eigenvalue weighted by Crippen LogP contribution is -2.59. The van der Waals surface area contributed by atoms with Crippen LogP contribution in [-0.4, -0.2) is 31.3 Å². The van der Waals surface area contributed by atoms with Gasteiger partial charge < -0.3 is 14.7 Å². The number of rotatable bonds is 2. The molecular weight excluding hydrogens is 206 g/mol. The molecule has 0 N–H and O–H groups in total. The maximum atomic E-state index is 12.1. The summed E-state index contributed by atoms with van der Waals surface area (Å²) < 4.78 is 5.95. The first-order valence-electron chi connectivity index (χ1n) is 5.59. The van der Waals surface area contributed by atoms with Gasteiger partial charge in [-0.2, -0.15) is 0 Å². The molecule has 0 aromatic rings. The normalized spacial score (nSPS) is 27.2. The maximum absolute atomic E-state index is 12.1. The molecule has 1 fully saturated rings. The molecule has 89 valence electrons. The van der Waals surface area contributed by atoms with Crippen molar-refractivity contribution in [3.8, 4) is 0 Å². The molecule has 3 nitrogen and oxygen atoms in total. The van der Waals surface area contributed by atoms with E-state index in [4.69, 9.17) is 4.43 Å². The van der Waals surface area contributed by atoms with Gasteiger partial charge in [-0.15, -0.1) is 0 Å². The van der Waals surface area contributed by atoms with E-state index in [2.05, 4.69) is 13.1 Å². The highest BCUT2D eigenvalue weighted by atomic mass is 28.3. The van der Waals surface area contributed by atoms with Gasteiger partial charge in [-0.25, -0.2) is 0 Å². The maximum Gasteiger partial charge on any atom is 0.205 e. The molecule has 1 radical (unpaired) electrons. The van der Waals surface area contributed by atoms with E-state index in [1.54, 1.807) is 0 Å². The van der Waals surface area contributed by atoms with Gasteiger partial charge >= 0.3 is 0 Å². The van der Waals surface area contributed by atoms with Crippen LogP contribution in [0.3, 0.4) is 0 Å². The van der Waals surface area contributed by atoms with Crippen molar-refractivity contribution >= 4 is 9.04 Å². The molecule has 0 bridgehead atoms. The molecule has 0 aromatic heterocycles. The number of piperidine rings is 1. The third-order valence-corrected chi connectivity index (χ3v) is 3.76. The summed E-state index contributed by atoms with van der Waals surface area (Å²) in [5, 5.41) is 13.3. The van der Waals surface area contributed by atoms with Crippen LogP contribution in [0.5, 0.6) is 0 Å². The SMILES string of the molecule is C[Si](C)OC1CC(C)(C)N([O-])C(C)(C)C1. The Morgan fingerprint density at radius 1 is 1.13 bits per heavy atom. The Bertz CT molecular complexity index is 211. The molecule has 0 unspecified atom stereocenters. The van der Waals surface area contributed by atoms with Crippen molar-refractivity contribution in [2.24, 2.45) is 0 Å². The Morgan fingerprint density at radius 3 is 1.87 bits per heavy atom. The lowest BCUT2D eigenvalue weighted by Gasteiger charge is -2.60. The van der Waals surface area contributed by atoms with Crippen molar-refractivity contribution < 1.29 is 4.43 Å². The Morgan fingerprint density at radius 2 is 1.53 bits per heavy atom. The molecular formula is C11H23NO2Si-. The fourth-order valence-electron chi connectivity index (χ4n) is 2.59. The predicted octanol–water partition coefficient (Wildman–Crippen LogP) is 2.77. The van der Waals surface area contributed by atoms with Gasteiger partial charge in [-0.05, 0) is 53.6 Å². The first kappa shape index (κ1) is 13.2. The van der Waals surface area contributed by atoms with Crippen molar-refractivity contribution in [3.63, 3.8) is 0 Å². The minimum absolute atomic E-state index is 0.254. The molecule has 1 saturated heterocycles. The lowest BCUT2D eigenvalue weighted by molar-refractivity contribution is -0.0413. The van der Waals surface area contributed by atoms with Gasteiger partial charge in [0.05, 0.1) is 0 Å². The van der Waals surface area contributed by atoms with Crippen LogP contribution in [0.1, 0.15) is 40.5 Å². The summed E-state index contributed by atoms with van der Waals surface area (Å²) in [4.78, 5) is 0. The van der Waals surface area contributed by atoms with E-state index in [0.717, 1.165) is 12.8 Å². The minimum Gasteiger partial charge on any atom is -0.784 e. The highest BCUT2D eigenvalue weighted by Gasteiger charge is 2.40. The average molecular weight is 229 g/mol. The molecule has 1 rings (SSSR count). The van der Waals surface area contributed by atoms with Crippen molar-refractivity contribution in [2.75, 3.05) is 0 Å². The quantitative estimate of drug-likeness (QED) is 0.683. The highest BCUT2D eigenvalue weighted by Crippen LogP contribution is 2.38. The smallest absolute Gasteiger partial charge is 0.205 e. The molecule has 4 heteroatoms. The summed E-state index contributed by atoms with van der Waals surface area (Å²) in [7, 11) is -0.671. The topological polar surface area (TPSA) is 35.5 Å². The van der Waals surface area contributed by atoms with Crippen LogP contribution in [0.4, 0.5) is 0 Å². The van der Waals surface area contributed by atoms with E-state index >= 15 is 0 Å². The molecule has 0 aliphatic carbocycles. The molecule has 0 aromatic carbocycles. The Hall–Kier alpha value is 0.0969. The Labute approximate surface area is 95.1 Å². The fraction of sp³-hybridized carbons (Fsp3) is 1.00. The fourth-order valence-corrected chi connectivity index (χ4v) is 3.42. The van der Waals surface area contributed by atoms with Gasteiger partial charge in [0.1, 0.15) is 0 Å². The van der Waals surface area contributed by atoms with E-state index in [1.165, 1.54) is 5.06 Å². The van der Waals surface area contributed by atoms with E-state index in [0.29, 0.717) is 0 Å². The average Bonchev–Trinajstić information content (AvgIpc) is 1.97. The zero-order valence-corrected chi connectivity index (χ0v) is 11.8. The molecule has 0 spiro atoms. The molecule has 0 saturated carbocycles. The zero-order valence-electron chi connectivity index (χ0n) is 10.8. The van der Waals surface area contributed by atoms with Crippen LogP contribution >= 0.6 is 0 Å². The second-order valence-corrected chi connectivity index (χ2v) is 8.03. The van der Waals surface area contributed by atoms with Crippen LogP contribution in [0.2, 0.25) is 13.1 Å². The van der Waals surface area contributed by atoms with E-state index < -0.39 is 9.04 Å². The van der Waals surface area contributed by atoms with Crippen LogP contribution in [0.15, 0.2) is 0 Å². The third-order valence-electron chi connectivity index (χ3n) is 2.96. The Balaban J connectivity index is 2.75. The summed E-state index contributed by atoms with van der Waals surface area (Å²) >= 11 is 0. The lowest BCUT2D eigenvalue weighted by atomic mass is 9.80. The molecule has 0 amide bonds. The van der Waals surface area contributed by atoms with Crippen molar-refractivity contribution in [2.45, 2.75) is 70.8 Å². The molecule has 1 aliphatic heterocycles. The van der Waals surface area contributed by atoms with Crippen LogP contribution in [0, 0.1) is 5.21 Å². The van der Waals surface area contributed by atoms with Gasteiger partial charge in [0, 0.05) is 17.2 Å². The van der Waals surface area contributed by atoms with E-state index in [-0.39, 0.29) is 17.2 Å². The number of hydroxylamine groups is 2. The van der Waals surface area contributed by atoms with E-state index in [1.807, 2.05) is 27.7 Å². The van der Waals surface area contributed by atoms with Gasteiger partial charge in [0.2, 0.25) is 9.04 Å². The summed E-state index contributed by atoms with van der Waals surface area (Å²) in [6.45, 7) is 12.3. The minimum atomic E-state index is -0.671. The molecule has 1 heterocycles. The zero-order chi connectivity index (χ0) is 11.9. The first-order valence-corrected chi connectivity index (χ1v) is 8.00.